The molecule has 0 aliphatic heterocycles. The van der Waals surface area contributed by atoms with Crippen LogP contribution in [0, 0.1) is 0 Å². The summed E-state index contributed by atoms with van der Waals surface area (Å²) in [5.41, 5.74) is 6.32. The average molecular weight is 502 g/mol. The van der Waals surface area contributed by atoms with Crippen LogP contribution in [0.25, 0.3) is 0 Å². The van der Waals surface area contributed by atoms with Gasteiger partial charge in [-0.1, -0.05) is 0 Å². The maximum absolute atomic E-state index is 13.4. The normalized spacial score (nSPS) is 11.1. The van der Waals surface area contributed by atoms with Gasteiger partial charge < -0.3 is 0 Å². The van der Waals surface area contributed by atoms with Crippen LogP contribution in [0.4, 0.5) is 5.69 Å². The quantitative estimate of drug-likeness (QED) is 0.250. The first-order valence-corrected chi connectivity index (χ1v) is 15.0. The van der Waals surface area contributed by atoms with Crippen LogP contribution in [0.15, 0.2) is 109 Å². The molecule has 0 spiro atoms. The number of aromatic hydroxyl groups is 1. The minimum absolute atomic E-state index is 0.0684. The summed E-state index contributed by atoms with van der Waals surface area (Å²) < 4.78 is 9.48. The predicted molar refractivity (Wildman–Crippen MR) is 122 cm³/mol. The molecule has 30 heavy (non-hydrogen) atoms. The second-order valence-electron chi connectivity index (χ2n) is 6.95. The van der Waals surface area contributed by atoms with E-state index in [0.717, 1.165) is 10.7 Å². The zero-order valence-electron chi connectivity index (χ0n) is 16.2. The predicted octanol–water partition coefficient (Wildman–Crippen LogP) is 2.80. The maximum atomic E-state index is 13.4. The van der Waals surface area contributed by atoms with E-state index in [1.165, 1.54) is 12.1 Å². The molecule has 0 aromatic heterocycles. The Morgan fingerprint density at radius 2 is 1.13 bits per heavy atom. The number of phenolic OH excluding ortho intramolecular Hbond substituents is 1. The molecule has 0 saturated heterocycles. The van der Waals surface area contributed by atoms with Gasteiger partial charge in [0.05, 0.1) is 0 Å². The minimum atomic E-state index is -4.24. The van der Waals surface area contributed by atoms with Crippen molar-refractivity contribution in [3.8, 4) is 5.75 Å². The molecular formula is C25H21NO3Sn. The van der Waals surface area contributed by atoms with Crippen molar-refractivity contribution in [2.45, 2.75) is 0 Å². The van der Waals surface area contributed by atoms with E-state index in [2.05, 4.69) is 0 Å². The van der Waals surface area contributed by atoms with Crippen LogP contribution >= 0.6 is 0 Å². The van der Waals surface area contributed by atoms with Crippen LogP contribution in [0.3, 0.4) is 0 Å². The van der Waals surface area contributed by atoms with Gasteiger partial charge in [0, 0.05) is 0 Å². The SMILES string of the molecule is Nc1ccc(O)c(C(=O)[O][Sn]([c]2ccccc2)([c]2ccccc2)[c]2ccccc2)c1. The third-order valence-electron chi connectivity index (χ3n) is 5.03. The monoisotopic (exact) mass is 503 g/mol. The van der Waals surface area contributed by atoms with E-state index in [1.807, 2.05) is 91.0 Å². The molecule has 148 valence electrons. The Bertz CT molecular complexity index is 1050. The van der Waals surface area contributed by atoms with Crippen LogP contribution in [0.5, 0.6) is 5.75 Å². The molecular weight excluding hydrogens is 481 g/mol. The molecule has 0 aliphatic rings. The van der Waals surface area contributed by atoms with E-state index in [1.54, 1.807) is 6.07 Å². The molecule has 0 fully saturated rings. The zero-order chi connectivity index (χ0) is 21.0. The molecule has 0 saturated carbocycles. The number of anilines is 1. The van der Waals surface area contributed by atoms with E-state index in [4.69, 9.17) is 8.81 Å². The molecule has 3 N–H and O–H groups in total. The number of nitrogens with two attached hydrogens (primary N) is 1. The van der Waals surface area contributed by atoms with Gasteiger partial charge in [-0.3, -0.25) is 0 Å². The van der Waals surface area contributed by atoms with Crippen molar-refractivity contribution in [2.75, 3.05) is 5.73 Å². The van der Waals surface area contributed by atoms with E-state index in [9.17, 15) is 9.90 Å². The van der Waals surface area contributed by atoms with Gasteiger partial charge in [-0.05, 0) is 0 Å². The van der Waals surface area contributed by atoms with Crippen molar-refractivity contribution in [3.63, 3.8) is 0 Å². The van der Waals surface area contributed by atoms with Crippen LogP contribution in [0.1, 0.15) is 10.4 Å². The molecule has 0 bridgehead atoms. The molecule has 0 aliphatic carbocycles. The number of hydrogen-bond acceptors (Lipinski definition) is 4. The summed E-state index contributed by atoms with van der Waals surface area (Å²) in [5, 5.41) is 10.3. The van der Waals surface area contributed by atoms with E-state index in [0.29, 0.717) is 5.69 Å². The fourth-order valence-corrected chi connectivity index (χ4v) is 14.2. The Morgan fingerprint density at radius 1 is 0.700 bits per heavy atom. The van der Waals surface area contributed by atoms with Crippen LogP contribution in [-0.2, 0) is 3.07 Å². The van der Waals surface area contributed by atoms with Crippen molar-refractivity contribution in [2.24, 2.45) is 0 Å². The van der Waals surface area contributed by atoms with E-state index >= 15 is 0 Å². The molecule has 4 rings (SSSR count). The topological polar surface area (TPSA) is 72.5 Å². The Hall–Kier alpha value is -3.25. The first-order valence-electron chi connectivity index (χ1n) is 9.59. The van der Waals surface area contributed by atoms with Crippen molar-refractivity contribution in [1.82, 2.24) is 0 Å². The average Bonchev–Trinajstić information content (AvgIpc) is 2.80. The third kappa shape index (κ3) is 3.78. The number of phenols is 1. The fraction of sp³-hybridized carbons (Fsp3) is 0. The Balaban J connectivity index is 1.95. The Morgan fingerprint density at radius 3 is 1.57 bits per heavy atom. The van der Waals surface area contributed by atoms with Crippen LogP contribution in [-0.4, -0.2) is 29.9 Å². The molecule has 0 amide bonds. The zero-order valence-corrected chi connectivity index (χ0v) is 19.1. The molecule has 5 heteroatoms. The molecule has 0 heterocycles. The number of benzene rings is 4. The van der Waals surface area contributed by atoms with Gasteiger partial charge in [0.15, 0.2) is 0 Å². The second-order valence-corrected chi connectivity index (χ2v) is 16.4. The summed E-state index contributed by atoms with van der Waals surface area (Å²) in [6, 6.07) is 34.1. The van der Waals surface area contributed by atoms with Crippen LogP contribution < -0.4 is 16.5 Å². The molecule has 4 nitrogen and oxygen atoms in total. The first kappa shape index (κ1) is 20.0. The van der Waals surface area contributed by atoms with Gasteiger partial charge in [-0.2, -0.15) is 0 Å². The van der Waals surface area contributed by atoms with Crippen LogP contribution in [0.2, 0.25) is 0 Å². The van der Waals surface area contributed by atoms with Crippen molar-refractivity contribution < 1.29 is 13.0 Å². The van der Waals surface area contributed by atoms with Gasteiger partial charge in [0.2, 0.25) is 0 Å². The van der Waals surface area contributed by atoms with Crippen molar-refractivity contribution in [3.05, 3.63) is 115 Å². The summed E-state index contributed by atoms with van der Waals surface area (Å²) in [5.74, 6) is -0.726. The van der Waals surface area contributed by atoms with Gasteiger partial charge in [-0.15, -0.1) is 0 Å². The third-order valence-corrected chi connectivity index (χ3v) is 16.2. The van der Waals surface area contributed by atoms with Gasteiger partial charge in [-0.25, -0.2) is 0 Å². The van der Waals surface area contributed by atoms with E-state index < -0.39 is 24.8 Å². The van der Waals surface area contributed by atoms with Gasteiger partial charge >= 0.3 is 180 Å². The van der Waals surface area contributed by atoms with Crippen molar-refractivity contribution >= 4 is 41.2 Å². The fourth-order valence-electron chi connectivity index (χ4n) is 3.61. The summed E-state index contributed by atoms with van der Waals surface area (Å²) in [7, 11) is 0. The van der Waals surface area contributed by atoms with Crippen molar-refractivity contribution in [1.29, 1.82) is 0 Å². The standard InChI is InChI=1S/C7H7NO3.3C6H5.Sn/c8-4-1-2-6(9)5(3-4)7(10)11;3*1-2-4-6-5-3-1;/h1-3,9H,8H2,(H,10,11);3*1-5H;/q;;;;+1/p-1. The molecule has 4 aromatic carbocycles. The number of carbonyl (C=O) groups is 1. The molecule has 0 unspecified atom stereocenters. The first-order chi connectivity index (χ1) is 14.6. The second kappa shape index (κ2) is 8.63. The number of rotatable bonds is 5. The Labute approximate surface area is 180 Å². The summed E-state index contributed by atoms with van der Waals surface area (Å²) in [4.78, 5) is 13.4. The number of hydrogen-bond donors (Lipinski definition) is 2. The number of carbonyl (C=O) groups excluding carboxylic acids is 1. The summed E-state index contributed by atoms with van der Waals surface area (Å²) >= 11 is -4.24. The number of nitrogen functional groups attached to an aromatic ring is 1. The summed E-state index contributed by atoms with van der Waals surface area (Å²) in [6.07, 6.45) is 0. The molecule has 0 radical (unpaired) electrons. The van der Waals surface area contributed by atoms with Gasteiger partial charge in [0.25, 0.3) is 0 Å². The van der Waals surface area contributed by atoms with Gasteiger partial charge in [0.1, 0.15) is 0 Å². The summed E-state index contributed by atoms with van der Waals surface area (Å²) in [6.45, 7) is 0. The van der Waals surface area contributed by atoms with E-state index in [-0.39, 0.29) is 11.3 Å². The Kier molecular flexibility index (Phi) is 5.76. The molecule has 4 aromatic rings. The molecule has 0 atom stereocenters.